The second kappa shape index (κ2) is 6.58. The van der Waals surface area contributed by atoms with Gasteiger partial charge < -0.3 is 20.8 Å². The van der Waals surface area contributed by atoms with Crippen molar-refractivity contribution in [3.05, 3.63) is 16.4 Å². The van der Waals surface area contributed by atoms with Crippen LogP contribution in [-0.2, 0) is 9.53 Å². The molecule has 1 aromatic heterocycles. The molecule has 0 radical (unpaired) electrons. The van der Waals surface area contributed by atoms with Crippen LogP contribution < -0.4 is 16.6 Å². The van der Waals surface area contributed by atoms with Gasteiger partial charge in [-0.15, -0.1) is 0 Å². The molecule has 4 N–H and O–H groups in total. The average Bonchev–Trinajstić information content (AvgIpc) is 2.86. The standard InChI is InChI=1S/C11H16N4O3S/c12-8-4-9(16)15-11(14-8)19-6-10(17)13-5-7-2-1-3-18-7/h4,7H,1-3,5-6H2,(H,13,17)(H3,12,14,15,16)/t7-/m1/s1. The summed E-state index contributed by atoms with van der Waals surface area (Å²) in [5.74, 6) is 0.204. The van der Waals surface area contributed by atoms with E-state index in [0.29, 0.717) is 11.7 Å². The van der Waals surface area contributed by atoms with Crippen molar-refractivity contribution in [1.29, 1.82) is 0 Å². The molecule has 1 aliphatic heterocycles. The Morgan fingerprint density at radius 1 is 1.68 bits per heavy atom. The first-order valence-corrected chi connectivity index (χ1v) is 7.00. The van der Waals surface area contributed by atoms with Gasteiger partial charge in [-0.1, -0.05) is 11.8 Å². The van der Waals surface area contributed by atoms with Crippen LogP contribution in [0.5, 0.6) is 0 Å². The SMILES string of the molecule is Nc1cc(=O)[nH]c(SCC(=O)NC[C@H]2CCCO2)n1. The van der Waals surface area contributed by atoms with Gasteiger partial charge >= 0.3 is 0 Å². The van der Waals surface area contributed by atoms with Gasteiger partial charge in [0.2, 0.25) is 5.91 Å². The molecule has 1 aromatic rings. The number of nitrogens with one attached hydrogen (secondary N) is 2. The summed E-state index contributed by atoms with van der Waals surface area (Å²) in [4.78, 5) is 29.2. The monoisotopic (exact) mass is 284 g/mol. The van der Waals surface area contributed by atoms with E-state index in [2.05, 4.69) is 15.3 Å². The Labute approximate surface area is 114 Å². The quantitative estimate of drug-likeness (QED) is 0.507. The van der Waals surface area contributed by atoms with Gasteiger partial charge in [0, 0.05) is 19.2 Å². The number of carbonyl (C=O) groups excluding carboxylic acids is 1. The number of rotatable bonds is 5. The van der Waals surface area contributed by atoms with Crippen LogP contribution in [0.1, 0.15) is 12.8 Å². The van der Waals surface area contributed by atoms with E-state index in [1.807, 2.05) is 0 Å². The summed E-state index contributed by atoms with van der Waals surface area (Å²) in [5.41, 5.74) is 5.12. The first kappa shape index (κ1) is 13.9. The number of anilines is 1. The molecule has 19 heavy (non-hydrogen) atoms. The van der Waals surface area contributed by atoms with E-state index in [1.54, 1.807) is 0 Å². The lowest BCUT2D eigenvalue weighted by Gasteiger charge is -2.10. The number of thioether (sulfide) groups is 1. The largest absolute Gasteiger partial charge is 0.383 e. The average molecular weight is 284 g/mol. The fraction of sp³-hybridized carbons (Fsp3) is 0.545. The Kier molecular flexibility index (Phi) is 4.80. The van der Waals surface area contributed by atoms with Crippen molar-refractivity contribution in [3.8, 4) is 0 Å². The van der Waals surface area contributed by atoms with Gasteiger partial charge in [0.05, 0.1) is 11.9 Å². The number of H-pyrrole nitrogens is 1. The molecule has 0 aromatic carbocycles. The minimum atomic E-state index is -0.324. The fourth-order valence-corrected chi connectivity index (χ4v) is 2.45. The highest BCUT2D eigenvalue weighted by Gasteiger charge is 2.16. The van der Waals surface area contributed by atoms with Gasteiger partial charge in [0.15, 0.2) is 5.16 Å². The molecule has 1 amide bonds. The number of nitrogen functional groups attached to an aromatic ring is 1. The van der Waals surface area contributed by atoms with Gasteiger partial charge in [0.1, 0.15) is 5.82 Å². The van der Waals surface area contributed by atoms with E-state index >= 15 is 0 Å². The van der Waals surface area contributed by atoms with Gasteiger partial charge in [-0.3, -0.25) is 9.59 Å². The van der Waals surface area contributed by atoms with E-state index in [0.717, 1.165) is 31.2 Å². The highest BCUT2D eigenvalue weighted by atomic mass is 32.2. The lowest BCUT2D eigenvalue weighted by Crippen LogP contribution is -2.33. The predicted molar refractivity (Wildman–Crippen MR) is 72.0 cm³/mol. The zero-order chi connectivity index (χ0) is 13.7. The molecule has 2 heterocycles. The number of carbonyl (C=O) groups is 1. The molecule has 0 bridgehead atoms. The zero-order valence-corrected chi connectivity index (χ0v) is 11.2. The van der Waals surface area contributed by atoms with Crippen molar-refractivity contribution in [1.82, 2.24) is 15.3 Å². The maximum Gasteiger partial charge on any atom is 0.253 e. The maximum atomic E-state index is 11.6. The molecular formula is C11H16N4O3S. The molecule has 1 fully saturated rings. The number of aromatic amines is 1. The van der Waals surface area contributed by atoms with E-state index in [-0.39, 0.29) is 29.1 Å². The molecule has 0 saturated carbocycles. The first-order chi connectivity index (χ1) is 9.13. The number of hydrogen-bond donors (Lipinski definition) is 3. The second-order valence-corrected chi connectivity index (χ2v) is 5.17. The van der Waals surface area contributed by atoms with Crippen LogP contribution in [0.4, 0.5) is 5.82 Å². The Morgan fingerprint density at radius 2 is 2.53 bits per heavy atom. The van der Waals surface area contributed by atoms with E-state index in [9.17, 15) is 9.59 Å². The van der Waals surface area contributed by atoms with Crippen molar-refractivity contribution in [2.75, 3.05) is 24.6 Å². The first-order valence-electron chi connectivity index (χ1n) is 6.01. The van der Waals surface area contributed by atoms with Crippen LogP contribution in [0.3, 0.4) is 0 Å². The number of aromatic nitrogens is 2. The highest BCUT2D eigenvalue weighted by Crippen LogP contribution is 2.12. The van der Waals surface area contributed by atoms with Crippen LogP contribution in [0.15, 0.2) is 16.0 Å². The summed E-state index contributed by atoms with van der Waals surface area (Å²) in [6.07, 6.45) is 2.15. The van der Waals surface area contributed by atoms with Crippen molar-refractivity contribution in [2.45, 2.75) is 24.1 Å². The number of nitrogens with zero attached hydrogens (tertiary/aromatic N) is 1. The van der Waals surface area contributed by atoms with Crippen LogP contribution in [0.2, 0.25) is 0 Å². The summed E-state index contributed by atoms with van der Waals surface area (Å²) in [5, 5.41) is 3.13. The Morgan fingerprint density at radius 3 is 3.21 bits per heavy atom. The van der Waals surface area contributed by atoms with Crippen LogP contribution >= 0.6 is 11.8 Å². The lowest BCUT2D eigenvalue weighted by molar-refractivity contribution is -0.119. The topological polar surface area (TPSA) is 110 Å². The van der Waals surface area contributed by atoms with Crippen molar-refractivity contribution in [2.24, 2.45) is 0 Å². The Hall–Kier alpha value is -1.54. The normalized spacial score (nSPS) is 18.4. The van der Waals surface area contributed by atoms with Crippen LogP contribution in [0, 0.1) is 0 Å². The molecule has 7 nitrogen and oxygen atoms in total. The minimum Gasteiger partial charge on any atom is -0.383 e. The molecule has 1 atom stereocenters. The molecule has 0 aliphatic carbocycles. The Balaban J connectivity index is 1.74. The maximum absolute atomic E-state index is 11.6. The van der Waals surface area contributed by atoms with E-state index in [1.165, 1.54) is 6.07 Å². The molecule has 0 spiro atoms. The third-order valence-electron chi connectivity index (χ3n) is 2.63. The van der Waals surface area contributed by atoms with Crippen molar-refractivity contribution < 1.29 is 9.53 Å². The number of amides is 1. The smallest absolute Gasteiger partial charge is 0.253 e. The fourth-order valence-electron chi connectivity index (χ4n) is 1.74. The summed E-state index contributed by atoms with van der Waals surface area (Å²) in [6, 6.07) is 1.20. The molecule has 0 unspecified atom stereocenters. The third-order valence-corrected chi connectivity index (χ3v) is 3.50. The third kappa shape index (κ3) is 4.56. The highest BCUT2D eigenvalue weighted by molar-refractivity contribution is 7.99. The summed E-state index contributed by atoms with van der Waals surface area (Å²) in [7, 11) is 0. The van der Waals surface area contributed by atoms with Gasteiger partial charge in [-0.2, -0.15) is 0 Å². The predicted octanol–water partition coefficient (Wildman–Crippen LogP) is -0.261. The Bertz CT molecular complexity index is 499. The van der Waals surface area contributed by atoms with Crippen molar-refractivity contribution >= 4 is 23.5 Å². The van der Waals surface area contributed by atoms with Crippen molar-refractivity contribution in [3.63, 3.8) is 0 Å². The molecule has 1 aliphatic rings. The van der Waals surface area contributed by atoms with Gasteiger partial charge in [-0.25, -0.2) is 4.98 Å². The molecule has 2 rings (SSSR count). The molecule has 104 valence electrons. The zero-order valence-electron chi connectivity index (χ0n) is 10.3. The van der Waals surface area contributed by atoms with Crippen LogP contribution in [-0.4, -0.2) is 40.9 Å². The molecular weight excluding hydrogens is 268 g/mol. The van der Waals surface area contributed by atoms with Gasteiger partial charge in [-0.05, 0) is 12.8 Å². The minimum absolute atomic E-state index is 0.120. The molecule has 1 saturated heterocycles. The van der Waals surface area contributed by atoms with Gasteiger partial charge in [0.25, 0.3) is 5.56 Å². The molecule has 8 heteroatoms. The second-order valence-electron chi connectivity index (χ2n) is 4.20. The number of hydrogen-bond acceptors (Lipinski definition) is 6. The van der Waals surface area contributed by atoms with Crippen LogP contribution in [0.25, 0.3) is 0 Å². The van der Waals surface area contributed by atoms with E-state index < -0.39 is 0 Å². The summed E-state index contributed by atoms with van der Waals surface area (Å²) in [6.45, 7) is 1.30. The summed E-state index contributed by atoms with van der Waals surface area (Å²) >= 11 is 1.14. The lowest BCUT2D eigenvalue weighted by atomic mass is 10.2. The number of nitrogens with two attached hydrogens (primary N) is 1. The number of ether oxygens (including phenoxy) is 1. The van der Waals surface area contributed by atoms with E-state index in [4.69, 9.17) is 10.5 Å². The summed E-state index contributed by atoms with van der Waals surface area (Å²) < 4.78 is 5.40.